The second-order valence-corrected chi connectivity index (χ2v) is 5.85. The molecule has 7 nitrogen and oxygen atoms in total. The van der Waals surface area contributed by atoms with Gasteiger partial charge in [-0.2, -0.15) is 0 Å². The van der Waals surface area contributed by atoms with Gasteiger partial charge in [0.15, 0.2) is 6.61 Å². The van der Waals surface area contributed by atoms with Crippen LogP contribution in [0.4, 0.5) is 4.79 Å². The molecule has 2 aromatic rings. The van der Waals surface area contributed by atoms with Gasteiger partial charge in [-0.05, 0) is 36.1 Å². The Bertz CT molecular complexity index is 716. The van der Waals surface area contributed by atoms with Gasteiger partial charge in [-0.3, -0.25) is 14.9 Å². The third-order valence-electron chi connectivity index (χ3n) is 2.98. The molecule has 0 atom stereocenters. The smallest absolute Gasteiger partial charge is 0.321 e. The zero-order valence-electron chi connectivity index (χ0n) is 12.8. The molecule has 1 aromatic carbocycles. The fraction of sp³-hybridized carbons (Fsp3) is 0.188. The summed E-state index contributed by atoms with van der Waals surface area (Å²) in [6.07, 6.45) is 0.704. The van der Waals surface area contributed by atoms with Crippen LogP contribution in [0, 0.1) is 0 Å². The molecule has 0 spiro atoms. The molecule has 0 aliphatic heterocycles. The molecular formula is C16H17N3O4S. The van der Waals surface area contributed by atoms with E-state index in [9.17, 15) is 14.4 Å². The van der Waals surface area contributed by atoms with Gasteiger partial charge in [-0.1, -0.05) is 12.1 Å². The lowest BCUT2D eigenvalue weighted by molar-refractivity contribution is -0.122. The average Bonchev–Trinajstić information content (AvgIpc) is 3.06. The topological polar surface area (TPSA) is 111 Å². The van der Waals surface area contributed by atoms with Gasteiger partial charge in [0.25, 0.3) is 5.91 Å². The minimum atomic E-state index is -0.590. The number of primary amides is 1. The highest BCUT2D eigenvalue weighted by molar-refractivity contribution is 7.09. The number of carbonyl (C=O) groups is 3. The maximum atomic E-state index is 11.7. The van der Waals surface area contributed by atoms with Crippen LogP contribution < -0.4 is 21.1 Å². The van der Waals surface area contributed by atoms with Crippen molar-refractivity contribution in [3.05, 3.63) is 52.2 Å². The SMILES string of the molecule is NC(=O)c1cccc(OCC(=O)NC(=O)NCCc2cccs2)c1. The first kappa shape index (κ1) is 17.5. The third kappa shape index (κ3) is 5.73. The number of carbonyl (C=O) groups excluding carboxylic acids is 3. The number of hydrogen-bond acceptors (Lipinski definition) is 5. The maximum absolute atomic E-state index is 11.7. The molecule has 0 fully saturated rings. The summed E-state index contributed by atoms with van der Waals surface area (Å²) in [4.78, 5) is 35.4. The van der Waals surface area contributed by atoms with Crippen LogP contribution in [0.25, 0.3) is 0 Å². The maximum Gasteiger partial charge on any atom is 0.321 e. The molecule has 126 valence electrons. The predicted molar refractivity (Wildman–Crippen MR) is 90.0 cm³/mol. The standard InChI is InChI=1S/C16H17N3O4S/c17-15(21)11-3-1-4-12(9-11)23-10-14(20)19-16(22)18-7-6-13-5-2-8-24-13/h1-5,8-9H,6-7,10H2,(H2,17,21)(H2,18,19,20,22). The first-order valence-corrected chi connectivity index (χ1v) is 8.05. The number of rotatable bonds is 7. The monoisotopic (exact) mass is 347 g/mol. The van der Waals surface area contributed by atoms with E-state index in [2.05, 4.69) is 10.6 Å². The molecule has 4 N–H and O–H groups in total. The summed E-state index contributed by atoms with van der Waals surface area (Å²) in [5.41, 5.74) is 5.44. The Hall–Kier alpha value is -2.87. The van der Waals surface area contributed by atoms with Crippen LogP contribution in [0.1, 0.15) is 15.2 Å². The number of benzene rings is 1. The Morgan fingerprint density at radius 2 is 2.00 bits per heavy atom. The predicted octanol–water partition coefficient (Wildman–Crippen LogP) is 1.29. The second-order valence-electron chi connectivity index (χ2n) is 4.81. The van der Waals surface area contributed by atoms with E-state index in [0.29, 0.717) is 18.7 Å². The van der Waals surface area contributed by atoms with E-state index in [4.69, 9.17) is 10.5 Å². The molecular weight excluding hydrogens is 330 g/mol. The van der Waals surface area contributed by atoms with Crippen molar-refractivity contribution in [2.45, 2.75) is 6.42 Å². The molecule has 4 amide bonds. The Labute approximate surface area is 142 Å². The quantitative estimate of drug-likeness (QED) is 0.701. The Kier molecular flexibility index (Phi) is 6.32. The number of ether oxygens (including phenoxy) is 1. The number of nitrogens with two attached hydrogens (primary N) is 1. The lowest BCUT2D eigenvalue weighted by atomic mass is 10.2. The van der Waals surface area contributed by atoms with E-state index in [1.807, 2.05) is 17.5 Å². The van der Waals surface area contributed by atoms with Crippen molar-refractivity contribution in [2.24, 2.45) is 5.73 Å². The summed E-state index contributed by atoms with van der Waals surface area (Å²) < 4.78 is 5.22. The molecule has 1 heterocycles. The summed E-state index contributed by atoms with van der Waals surface area (Å²) in [7, 11) is 0. The van der Waals surface area contributed by atoms with Gasteiger partial charge in [-0.15, -0.1) is 11.3 Å². The molecule has 0 saturated heterocycles. The number of thiophene rings is 1. The minimum Gasteiger partial charge on any atom is -0.484 e. The van der Waals surface area contributed by atoms with Crippen LogP contribution in [-0.4, -0.2) is 31.0 Å². The normalized spacial score (nSPS) is 10.0. The number of amides is 4. The van der Waals surface area contributed by atoms with Gasteiger partial charge in [-0.25, -0.2) is 4.79 Å². The minimum absolute atomic E-state index is 0.277. The van der Waals surface area contributed by atoms with Crippen molar-refractivity contribution in [2.75, 3.05) is 13.2 Å². The number of hydrogen-bond donors (Lipinski definition) is 3. The van der Waals surface area contributed by atoms with Crippen LogP contribution in [0.15, 0.2) is 41.8 Å². The molecule has 1 aromatic heterocycles. The van der Waals surface area contributed by atoms with E-state index in [1.165, 1.54) is 12.1 Å². The van der Waals surface area contributed by atoms with Crippen LogP contribution in [0.3, 0.4) is 0 Å². The molecule has 8 heteroatoms. The fourth-order valence-electron chi connectivity index (χ4n) is 1.85. The van der Waals surface area contributed by atoms with Crippen molar-refractivity contribution in [1.82, 2.24) is 10.6 Å². The Morgan fingerprint density at radius 1 is 1.17 bits per heavy atom. The number of imide groups is 1. The first-order chi connectivity index (χ1) is 11.5. The van der Waals surface area contributed by atoms with Crippen molar-refractivity contribution in [3.8, 4) is 5.75 Å². The van der Waals surface area contributed by atoms with Gasteiger partial charge in [0.05, 0.1) is 0 Å². The summed E-state index contributed by atoms with van der Waals surface area (Å²) >= 11 is 1.61. The summed E-state index contributed by atoms with van der Waals surface area (Å²) in [6.45, 7) is 0.0850. The second kappa shape index (κ2) is 8.68. The van der Waals surface area contributed by atoms with Crippen LogP contribution >= 0.6 is 11.3 Å². The third-order valence-corrected chi connectivity index (χ3v) is 3.91. The largest absolute Gasteiger partial charge is 0.484 e. The van der Waals surface area contributed by atoms with Crippen molar-refractivity contribution < 1.29 is 19.1 Å². The highest BCUT2D eigenvalue weighted by Gasteiger charge is 2.09. The molecule has 0 radical (unpaired) electrons. The Balaban J connectivity index is 1.69. The molecule has 2 rings (SSSR count). The van der Waals surface area contributed by atoms with Gasteiger partial charge < -0.3 is 15.8 Å². The molecule has 0 bridgehead atoms. The molecule has 24 heavy (non-hydrogen) atoms. The molecule has 0 aliphatic carbocycles. The molecule has 0 unspecified atom stereocenters. The molecule has 0 aliphatic rings. The van der Waals surface area contributed by atoms with E-state index in [1.54, 1.807) is 23.5 Å². The number of nitrogens with one attached hydrogen (secondary N) is 2. The first-order valence-electron chi connectivity index (χ1n) is 7.17. The van der Waals surface area contributed by atoms with Gasteiger partial charge in [0.2, 0.25) is 5.91 Å². The van der Waals surface area contributed by atoms with E-state index < -0.39 is 17.8 Å². The zero-order chi connectivity index (χ0) is 17.4. The highest BCUT2D eigenvalue weighted by atomic mass is 32.1. The molecule has 0 saturated carbocycles. The van der Waals surface area contributed by atoms with Crippen molar-refractivity contribution in [1.29, 1.82) is 0 Å². The zero-order valence-corrected chi connectivity index (χ0v) is 13.6. The lowest BCUT2D eigenvalue weighted by Crippen LogP contribution is -2.42. The van der Waals surface area contributed by atoms with Gasteiger partial charge >= 0.3 is 6.03 Å². The van der Waals surface area contributed by atoms with Crippen LogP contribution in [0.2, 0.25) is 0 Å². The van der Waals surface area contributed by atoms with Gasteiger partial charge in [0.1, 0.15) is 5.75 Å². The average molecular weight is 347 g/mol. The lowest BCUT2D eigenvalue weighted by Gasteiger charge is -2.08. The summed E-state index contributed by atoms with van der Waals surface area (Å²) in [5.74, 6) is -0.859. The highest BCUT2D eigenvalue weighted by Crippen LogP contribution is 2.12. The van der Waals surface area contributed by atoms with Gasteiger partial charge in [0, 0.05) is 17.0 Å². The van der Waals surface area contributed by atoms with Crippen molar-refractivity contribution >= 4 is 29.2 Å². The van der Waals surface area contributed by atoms with E-state index in [-0.39, 0.29) is 12.2 Å². The van der Waals surface area contributed by atoms with Crippen molar-refractivity contribution in [3.63, 3.8) is 0 Å². The van der Waals surface area contributed by atoms with E-state index in [0.717, 1.165) is 4.88 Å². The fourth-order valence-corrected chi connectivity index (χ4v) is 2.56. The summed E-state index contributed by atoms with van der Waals surface area (Å²) in [6, 6.07) is 9.47. The van der Waals surface area contributed by atoms with Crippen LogP contribution in [0.5, 0.6) is 5.75 Å². The Morgan fingerprint density at radius 3 is 2.71 bits per heavy atom. The number of urea groups is 1. The van der Waals surface area contributed by atoms with E-state index >= 15 is 0 Å². The summed E-state index contributed by atoms with van der Waals surface area (Å²) in [5, 5.41) is 6.72. The van der Waals surface area contributed by atoms with Crippen LogP contribution in [-0.2, 0) is 11.2 Å².